The molecule has 0 heterocycles. The van der Waals surface area contributed by atoms with Gasteiger partial charge in [-0.3, -0.25) is 0 Å². The third-order valence-electron chi connectivity index (χ3n) is 3.61. The first kappa shape index (κ1) is 10.7. The van der Waals surface area contributed by atoms with Crippen molar-refractivity contribution < 1.29 is 9.90 Å². The molecule has 3 unspecified atom stereocenters. The van der Waals surface area contributed by atoms with Crippen LogP contribution in [0.5, 0.6) is 0 Å². The van der Waals surface area contributed by atoms with Crippen LogP contribution in [0, 0.1) is 11.3 Å². The molecule has 13 heavy (non-hydrogen) atoms. The summed E-state index contributed by atoms with van der Waals surface area (Å²) < 4.78 is 0. The fourth-order valence-electron chi connectivity index (χ4n) is 2.31. The van der Waals surface area contributed by atoms with Crippen LogP contribution in [-0.4, -0.2) is 17.5 Å². The minimum Gasteiger partial charge on any atom is -0.393 e. The number of aldehydes is 1. The highest BCUT2D eigenvalue weighted by molar-refractivity contribution is 5.59. The molecule has 0 radical (unpaired) electrons. The maximum Gasteiger partial charge on any atom is 0.126 e. The molecular formula is C11H20O2. The zero-order valence-electron chi connectivity index (χ0n) is 8.62. The highest BCUT2D eigenvalue weighted by Crippen LogP contribution is 2.39. The van der Waals surface area contributed by atoms with Crippen molar-refractivity contribution in [2.45, 2.75) is 52.1 Å². The molecule has 0 spiro atoms. The fourth-order valence-corrected chi connectivity index (χ4v) is 2.31. The standard InChI is InChI=1S/C11H20O2/c1-3-11(2,8-12)9-6-4-5-7-10(9)13/h8-10,13H,3-7H2,1-2H3. The molecule has 2 heteroatoms. The number of carbonyl (C=O) groups excluding carboxylic acids is 1. The molecule has 0 bridgehead atoms. The van der Waals surface area contributed by atoms with E-state index >= 15 is 0 Å². The van der Waals surface area contributed by atoms with E-state index in [0.717, 1.165) is 38.4 Å². The lowest BCUT2D eigenvalue weighted by Gasteiger charge is -2.38. The molecule has 0 aromatic rings. The largest absolute Gasteiger partial charge is 0.393 e. The van der Waals surface area contributed by atoms with Crippen LogP contribution in [0.15, 0.2) is 0 Å². The van der Waals surface area contributed by atoms with Gasteiger partial charge >= 0.3 is 0 Å². The molecule has 1 saturated carbocycles. The third kappa shape index (κ3) is 2.11. The van der Waals surface area contributed by atoms with Crippen molar-refractivity contribution >= 4 is 6.29 Å². The van der Waals surface area contributed by atoms with Crippen LogP contribution in [0.2, 0.25) is 0 Å². The summed E-state index contributed by atoms with van der Waals surface area (Å²) in [5.74, 6) is 0.184. The molecule has 2 nitrogen and oxygen atoms in total. The number of hydrogen-bond donors (Lipinski definition) is 1. The first-order valence-corrected chi connectivity index (χ1v) is 5.28. The molecule has 1 aliphatic carbocycles. The molecule has 0 amide bonds. The summed E-state index contributed by atoms with van der Waals surface area (Å²) in [6, 6.07) is 0. The highest BCUT2D eigenvalue weighted by Gasteiger charge is 2.38. The van der Waals surface area contributed by atoms with Crippen molar-refractivity contribution in [3.05, 3.63) is 0 Å². The monoisotopic (exact) mass is 184 g/mol. The number of rotatable bonds is 3. The number of carbonyl (C=O) groups is 1. The smallest absolute Gasteiger partial charge is 0.126 e. The molecule has 1 fully saturated rings. The van der Waals surface area contributed by atoms with Gasteiger partial charge in [-0.25, -0.2) is 0 Å². The van der Waals surface area contributed by atoms with E-state index in [2.05, 4.69) is 0 Å². The lowest BCUT2D eigenvalue weighted by Crippen LogP contribution is -2.39. The van der Waals surface area contributed by atoms with Gasteiger partial charge < -0.3 is 9.90 Å². The average molecular weight is 184 g/mol. The molecule has 76 valence electrons. The Morgan fingerprint density at radius 1 is 1.46 bits per heavy atom. The van der Waals surface area contributed by atoms with E-state index in [4.69, 9.17) is 0 Å². The first-order valence-electron chi connectivity index (χ1n) is 5.28. The van der Waals surface area contributed by atoms with E-state index in [-0.39, 0.29) is 17.4 Å². The normalized spacial score (nSPS) is 33.8. The highest BCUT2D eigenvalue weighted by atomic mass is 16.3. The van der Waals surface area contributed by atoms with Gasteiger partial charge in [-0.2, -0.15) is 0 Å². The predicted molar refractivity (Wildman–Crippen MR) is 52.4 cm³/mol. The molecule has 3 atom stereocenters. The van der Waals surface area contributed by atoms with Crippen molar-refractivity contribution in [2.24, 2.45) is 11.3 Å². The Labute approximate surface area is 80.3 Å². The summed E-state index contributed by atoms with van der Waals surface area (Å²) in [7, 11) is 0. The van der Waals surface area contributed by atoms with E-state index in [0.29, 0.717) is 0 Å². The van der Waals surface area contributed by atoms with Gasteiger partial charge in [-0.1, -0.05) is 26.7 Å². The lowest BCUT2D eigenvalue weighted by atomic mass is 9.68. The Kier molecular flexibility index (Phi) is 3.48. The number of hydrogen-bond acceptors (Lipinski definition) is 2. The average Bonchev–Trinajstić information content (AvgIpc) is 2.17. The van der Waals surface area contributed by atoms with E-state index in [9.17, 15) is 9.90 Å². The zero-order valence-corrected chi connectivity index (χ0v) is 8.62. The van der Waals surface area contributed by atoms with Gasteiger partial charge in [0.1, 0.15) is 6.29 Å². The van der Waals surface area contributed by atoms with Gasteiger partial charge in [-0.05, 0) is 25.2 Å². The summed E-state index contributed by atoms with van der Waals surface area (Å²) in [4.78, 5) is 11.0. The summed E-state index contributed by atoms with van der Waals surface area (Å²) in [5, 5.41) is 9.81. The summed E-state index contributed by atoms with van der Waals surface area (Å²) in [6.07, 6.45) is 5.74. The molecule has 0 aliphatic heterocycles. The van der Waals surface area contributed by atoms with Crippen LogP contribution in [-0.2, 0) is 4.79 Å². The van der Waals surface area contributed by atoms with E-state index < -0.39 is 0 Å². The molecular weight excluding hydrogens is 164 g/mol. The van der Waals surface area contributed by atoms with Gasteiger partial charge in [0.15, 0.2) is 0 Å². The minimum absolute atomic E-state index is 0.184. The summed E-state index contributed by atoms with van der Waals surface area (Å²) >= 11 is 0. The van der Waals surface area contributed by atoms with Gasteiger partial charge in [0.05, 0.1) is 6.10 Å². The second-order valence-electron chi connectivity index (χ2n) is 4.44. The van der Waals surface area contributed by atoms with Crippen LogP contribution in [0.3, 0.4) is 0 Å². The van der Waals surface area contributed by atoms with Gasteiger partial charge in [0, 0.05) is 5.41 Å². The second kappa shape index (κ2) is 4.23. The summed E-state index contributed by atoms with van der Waals surface area (Å²) in [5.41, 5.74) is -0.306. The number of aliphatic hydroxyl groups excluding tert-OH is 1. The van der Waals surface area contributed by atoms with Gasteiger partial charge in [0.25, 0.3) is 0 Å². The van der Waals surface area contributed by atoms with Crippen LogP contribution < -0.4 is 0 Å². The van der Waals surface area contributed by atoms with Crippen molar-refractivity contribution in [1.82, 2.24) is 0 Å². The minimum atomic E-state index is -0.306. The molecule has 0 saturated heterocycles. The maximum atomic E-state index is 11.0. The zero-order chi connectivity index (χ0) is 9.90. The predicted octanol–water partition coefficient (Wildman–Crippen LogP) is 2.15. The topological polar surface area (TPSA) is 37.3 Å². The van der Waals surface area contributed by atoms with Crippen LogP contribution in [0.4, 0.5) is 0 Å². The fraction of sp³-hybridized carbons (Fsp3) is 0.909. The van der Waals surface area contributed by atoms with Crippen molar-refractivity contribution in [3.8, 4) is 0 Å². The Balaban J connectivity index is 2.71. The van der Waals surface area contributed by atoms with Crippen molar-refractivity contribution in [3.63, 3.8) is 0 Å². The molecule has 0 aromatic carbocycles. The quantitative estimate of drug-likeness (QED) is 0.682. The Morgan fingerprint density at radius 3 is 2.54 bits per heavy atom. The first-order chi connectivity index (χ1) is 6.14. The van der Waals surface area contributed by atoms with Crippen LogP contribution in [0.1, 0.15) is 46.0 Å². The Bertz CT molecular complexity index is 179. The summed E-state index contributed by atoms with van der Waals surface area (Å²) in [6.45, 7) is 3.99. The maximum absolute atomic E-state index is 11.0. The van der Waals surface area contributed by atoms with Gasteiger partial charge in [0.2, 0.25) is 0 Å². The van der Waals surface area contributed by atoms with Crippen molar-refractivity contribution in [1.29, 1.82) is 0 Å². The lowest BCUT2D eigenvalue weighted by molar-refractivity contribution is -0.122. The van der Waals surface area contributed by atoms with Crippen LogP contribution >= 0.6 is 0 Å². The van der Waals surface area contributed by atoms with E-state index in [1.54, 1.807) is 0 Å². The molecule has 1 rings (SSSR count). The third-order valence-corrected chi connectivity index (χ3v) is 3.61. The molecule has 1 N–H and O–H groups in total. The van der Waals surface area contributed by atoms with Crippen LogP contribution in [0.25, 0.3) is 0 Å². The van der Waals surface area contributed by atoms with Gasteiger partial charge in [-0.15, -0.1) is 0 Å². The number of aliphatic hydroxyl groups is 1. The second-order valence-corrected chi connectivity index (χ2v) is 4.44. The molecule has 1 aliphatic rings. The Morgan fingerprint density at radius 2 is 2.08 bits per heavy atom. The SMILES string of the molecule is CCC(C)(C=O)C1CCCCC1O. The Hall–Kier alpha value is -0.370. The van der Waals surface area contributed by atoms with Crippen molar-refractivity contribution in [2.75, 3.05) is 0 Å². The van der Waals surface area contributed by atoms with E-state index in [1.165, 1.54) is 0 Å². The van der Waals surface area contributed by atoms with E-state index in [1.807, 2.05) is 13.8 Å². The molecule has 0 aromatic heterocycles.